The van der Waals surface area contributed by atoms with Crippen molar-refractivity contribution in [2.24, 2.45) is 0 Å². The molecule has 0 atom stereocenters. The zero-order valence-corrected chi connectivity index (χ0v) is 9.40. The molecule has 0 fully saturated rings. The standard InChI is InChI=1S/C12H17NO3/c1-16-7-6-12(15)13-8-10-4-2-3-5-11(10)9-14/h2-5,14H,6-9H2,1H3,(H,13,15). The lowest BCUT2D eigenvalue weighted by molar-refractivity contribution is -0.122. The number of hydrogen-bond acceptors (Lipinski definition) is 3. The third kappa shape index (κ3) is 4.00. The summed E-state index contributed by atoms with van der Waals surface area (Å²) in [6.45, 7) is 0.858. The van der Waals surface area contributed by atoms with Gasteiger partial charge in [-0.2, -0.15) is 0 Å². The van der Waals surface area contributed by atoms with Gasteiger partial charge in [0.1, 0.15) is 0 Å². The minimum absolute atomic E-state index is 0.00981. The topological polar surface area (TPSA) is 58.6 Å². The van der Waals surface area contributed by atoms with Crippen LogP contribution in [0.1, 0.15) is 17.5 Å². The number of nitrogens with one attached hydrogen (secondary N) is 1. The van der Waals surface area contributed by atoms with Gasteiger partial charge in [0.2, 0.25) is 5.91 Å². The number of hydrogen-bond donors (Lipinski definition) is 2. The van der Waals surface area contributed by atoms with Gasteiger partial charge < -0.3 is 15.2 Å². The quantitative estimate of drug-likeness (QED) is 0.751. The van der Waals surface area contributed by atoms with Gasteiger partial charge in [-0.3, -0.25) is 4.79 Å². The maximum atomic E-state index is 11.3. The largest absolute Gasteiger partial charge is 0.392 e. The van der Waals surface area contributed by atoms with Gasteiger partial charge in [-0.05, 0) is 11.1 Å². The van der Waals surface area contributed by atoms with Crippen molar-refractivity contribution < 1.29 is 14.6 Å². The van der Waals surface area contributed by atoms with Crippen LogP contribution in [0.25, 0.3) is 0 Å². The average molecular weight is 223 g/mol. The fourth-order valence-corrected chi connectivity index (χ4v) is 1.36. The molecule has 0 spiro atoms. The Morgan fingerprint density at radius 3 is 2.69 bits per heavy atom. The lowest BCUT2D eigenvalue weighted by Gasteiger charge is -2.08. The number of carbonyl (C=O) groups is 1. The van der Waals surface area contributed by atoms with Crippen molar-refractivity contribution in [3.63, 3.8) is 0 Å². The molecular formula is C12H17NO3. The van der Waals surface area contributed by atoms with Crippen LogP contribution >= 0.6 is 0 Å². The molecule has 4 heteroatoms. The van der Waals surface area contributed by atoms with Crippen LogP contribution in [0.15, 0.2) is 24.3 Å². The molecule has 0 unspecified atom stereocenters. The van der Waals surface area contributed by atoms with Crippen molar-refractivity contribution in [2.75, 3.05) is 13.7 Å². The lowest BCUT2D eigenvalue weighted by Crippen LogP contribution is -2.24. The van der Waals surface area contributed by atoms with Crippen molar-refractivity contribution >= 4 is 5.91 Å². The predicted octanol–water partition coefficient (Wildman–Crippen LogP) is 0.832. The van der Waals surface area contributed by atoms with Crippen LogP contribution in [0.4, 0.5) is 0 Å². The number of ether oxygens (including phenoxy) is 1. The Balaban J connectivity index is 2.44. The van der Waals surface area contributed by atoms with Crippen molar-refractivity contribution in [3.8, 4) is 0 Å². The summed E-state index contributed by atoms with van der Waals surface area (Å²) in [5.41, 5.74) is 1.78. The first-order valence-electron chi connectivity index (χ1n) is 5.21. The molecule has 0 aliphatic carbocycles. The van der Waals surface area contributed by atoms with E-state index in [-0.39, 0.29) is 12.5 Å². The van der Waals surface area contributed by atoms with E-state index >= 15 is 0 Å². The van der Waals surface area contributed by atoms with Crippen LogP contribution in [0.3, 0.4) is 0 Å². The first-order valence-corrected chi connectivity index (χ1v) is 5.21. The predicted molar refractivity (Wildman–Crippen MR) is 60.7 cm³/mol. The highest BCUT2D eigenvalue weighted by Gasteiger charge is 2.03. The maximum Gasteiger partial charge on any atom is 0.222 e. The summed E-state index contributed by atoms with van der Waals surface area (Å²) in [7, 11) is 1.56. The highest BCUT2D eigenvalue weighted by molar-refractivity contribution is 5.75. The number of amides is 1. The molecule has 1 rings (SSSR count). The molecule has 88 valence electrons. The number of rotatable bonds is 6. The summed E-state index contributed by atoms with van der Waals surface area (Å²) in [6.07, 6.45) is 0.359. The second kappa shape index (κ2) is 6.98. The average Bonchev–Trinajstić information content (AvgIpc) is 2.34. The van der Waals surface area contributed by atoms with Gasteiger partial charge in [0.25, 0.3) is 0 Å². The summed E-state index contributed by atoms with van der Waals surface area (Å²) in [4.78, 5) is 11.3. The van der Waals surface area contributed by atoms with Gasteiger partial charge in [0.15, 0.2) is 0 Å². The normalized spacial score (nSPS) is 10.1. The number of aliphatic hydroxyl groups is 1. The van der Waals surface area contributed by atoms with Crippen molar-refractivity contribution in [2.45, 2.75) is 19.6 Å². The second-order valence-electron chi connectivity index (χ2n) is 3.45. The van der Waals surface area contributed by atoms with Gasteiger partial charge in [-0.15, -0.1) is 0 Å². The molecule has 0 saturated carbocycles. The molecule has 16 heavy (non-hydrogen) atoms. The fraction of sp³-hybridized carbons (Fsp3) is 0.417. The molecule has 1 amide bonds. The van der Waals surface area contributed by atoms with E-state index < -0.39 is 0 Å². The molecule has 0 bridgehead atoms. The van der Waals surface area contributed by atoms with E-state index in [1.807, 2.05) is 24.3 Å². The molecule has 4 nitrogen and oxygen atoms in total. The molecule has 0 saturated heterocycles. The maximum absolute atomic E-state index is 11.3. The second-order valence-corrected chi connectivity index (χ2v) is 3.45. The summed E-state index contributed by atoms with van der Waals surface area (Å²) >= 11 is 0. The number of benzene rings is 1. The molecule has 2 N–H and O–H groups in total. The molecule has 1 aromatic carbocycles. The molecule has 0 aromatic heterocycles. The zero-order valence-electron chi connectivity index (χ0n) is 9.40. The van der Waals surface area contributed by atoms with E-state index in [0.717, 1.165) is 11.1 Å². The van der Waals surface area contributed by atoms with Crippen LogP contribution < -0.4 is 5.32 Å². The smallest absolute Gasteiger partial charge is 0.222 e. The van der Waals surface area contributed by atoms with Gasteiger partial charge in [0.05, 0.1) is 13.2 Å². The first kappa shape index (κ1) is 12.7. The van der Waals surface area contributed by atoms with Gasteiger partial charge in [0, 0.05) is 20.1 Å². The highest BCUT2D eigenvalue weighted by atomic mass is 16.5. The third-order valence-electron chi connectivity index (χ3n) is 2.30. The SMILES string of the molecule is COCCC(=O)NCc1ccccc1CO. The van der Waals surface area contributed by atoms with E-state index in [9.17, 15) is 4.79 Å². The highest BCUT2D eigenvalue weighted by Crippen LogP contribution is 2.07. The monoisotopic (exact) mass is 223 g/mol. The number of methoxy groups -OCH3 is 1. The Morgan fingerprint density at radius 2 is 2.06 bits per heavy atom. The molecule has 0 heterocycles. The van der Waals surface area contributed by atoms with Crippen LogP contribution in [0, 0.1) is 0 Å². The molecular weight excluding hydrogens is 206 g/mol. The summed E-state index contributed by atoms with van der Waals surface area (Å²) in [5, 5.41) is 11.9. The van der Waals surface area contributed by atoms with Crippen molar-refractivity contribution in [3.05, 3.63) is 35.4 Å². The third-order valence-corrected chi connectivity index (χ3v) is 2.30. The Hall–Kier alpha value is -1.39. The first-order chi connectivity index (χ1) is 7.77. The molecule has 0 radical (unpaired) electrons. The Labute approximate surface area is 95.2 Å². The van der Waals surface area contributed by atoms with Crippen molar-refractivity contribution in [1.29, 1.82) is 0 Å². The Morgan fingerprint density at radius 1 is 1.38 bits per heavy atom. The van der Waals surface area contributed by atoms with E-state index in [4.69, 9.17) is 9.84 Å². The molecule has 0 aliphatic rings. The van der Waals surface area contributed by atoms with Crippen LogP contribution in [-0.2, 0) is 22.7 Å². The van der Waals surface area contributed by atoms with Crippen LogP contribution in [-0.4, -0.2) is 24.7 Å². The van der Waals surface area contributed by atoms with Crippen LogP contribution in [0.5, 0.6) is 0 Å². The van der Waals surface area contributed by atoms with E-state index in [2.05, 4.69) is 5.32 Å². The minimum Gasteiger partial charge on any atom is -0.392 e. The number of carbonyl (C=O) groups excluding carboxylic acids is 1. The van der Waals surface area contributed by atoms with E-state index in [1.165, 1.54) is 0 Å². The van der Waals surface area contributed by atoms with E-state index in [1.54, 1.807) is 7.11 Å². The Kier molecular flexibility index (Phi) is 5.53. The summed E-state index contributed by atoms with van der Waals surface area (Å²) < 4.78 is 4.81. The van der Waals surface area contributed by atoms with Crippen LogP contribution in [0.2, 0.25) is 0 Å². The minimum atomic E-state index is -0.0467. The number of aliphatic hydroxyl groups excluding tert-OH is 1. The van der Waals surface area contributed by atoms with E-state index in [0.29, 0.717) is 19.6 Å². The Bertz CT molecular complexity index is 339. The fourth-order valence-electron chi connectivity index (χ4n) is 1.36. The lowest BCUT2D eigenvalue weighted by atomic mass is 10.1. The van der Waals surface area contributed by atoms with Gasteiger partial charge in [-0.25, -0.2) is 0 Å². The zero-order chi connectivity index (χ0) is 11.8. The van der Waals surface area contributed by atoms with Gasteiger partial charge in [-0.1, -0.05) is 24.3 Å². The van der Waals surface area contributed by atoms with Gasteiger partial charge >= 0.3 is 0 Å². The van der Waals surface area contributed by atoms with Crippen molar-refractivity contribution in [1.82, 2.24) is 5.32 Å². The summed E-state index contributed by atoms with van der Waals surface area (Å²) in [6, 6.07) is 7.48. The molecule has 0 aliphatic heterocycles. The summed E-state index contributed by atoms with van der Waals surface area (Å²) in [5.74, 6) is -0.0467. The molecule has 1 aromatic rings.